The van der Waals surface area contributed by atoms with Gasteiger partial charge in [-0.2, -0.15) is 0 Å². The van der Waals surface area contributed by atoms with E-state index in [0.717, 1.165) is 61.1 Å². The summed E-state index contributed by atoms with van der Waals surface area (Å²) in [6.45, 7) is 8.97. The lowest BCUT2D eigenvalue weighted by molar-refractivity contribution is -0.136. The molecule has 0 radical (unpaired) electrons. The Morgan fingerprint density at radius 3 is 2.26 bits per heavy atom. The topological polar surface area (TPSA) is 85.4 Å². The van der Waals surface area contributed by atoms with E-state index in [1.165, 1.54) is 12.8 Å². The Hall–Kier alpha value is -2.76. The van der Waals surface area contributed by atoms with E-state index in [1.807, 2.05) is 35.2 Å². The smallest absolute Gasteiger partial charge is 0.228 e. The summed E-state index contributed by atoms with van der Waals surface area (Å²) < 4.78 is 6.71. The summed E-state index contributed by atoms with van der Waals surface area (Å²) in [5.74, 6) is 1.54. The van der Waals surface area contributed by atoms with Crippen LogP contribution in [-0.4, -0.2) is 110 Å². The molecule has 0 spiro atoms. The summed E-state index contributed by atoms with van der Waals surface area (Å²) in [6, 6.07) is 11.8. The van der Waals surface area contributed by atoms with E-state index in [0.29, 0.717) is 38.8 Å². The SMILES string of the molecule is O=C(C1CC(=O)N(c2cccc(Br)c2)C1)N1CCN(c2ccc(N3CCN(CC4CCCO4)CC3)nn2)CC1. The Morgan fingerprint density at radius 2 is 1.64 bits per heavy atom. The molecule has 6 rings (SSSR count). The minimum atomic E-state index is -0.298. The summed E-state index contributed by atoms with van der Waals surface area (Å²) in [6.07, 6.45) is 3.03. The highest BCUT2D eigenvalue weighted by atomic mass is 79.9. The molecule has 1 aromatic carbocycles. The second-order valence-corrected chi connectivity index (χ2v) is 11.8. The molecule has 4 fully saturated rings. The van der Waals surface area contributed by atoms with Crippen LogP contribution in [0.25, 0.3) is 0 Å². The Morgan fingerprint density at radius 1 is 0.949 bits per heavy atom. The first-order chi connectivity index (χ1) is 19.0. The average Bonchev–Trinajstić information content (AvgIpc) is 3.63. The van der Waals surface area contributed by atoms with E-state index in [-0.39, 0.29) is 24.2 Å². The van der Waals surface area contributed by atoms with E-state index < -0.39 is 0 Å². The maximum atomic E-state index is 13.2. The van der Waals surface area contributed by atoms with Gasteiger partial charge in [0.25, 0.3) is 0 Å². The van der Waals surface area contributed by atoms with Crippen LogP contribution < -0.4 is 14.7 Å². The van der Waals surface area contributed by atoms with Crippen LogP contribution in [0.4, 0.5) is 17.3 Å². The summed E-state index contributed by atoms with van der Waals surface area (Å²) >= 11 is 3.46. The first kappa shape index (κ1) is 26.5. The van der Waals surface area contributed by atoms with Crippen LogP contribution in [0, 0.1) is 5.92 Å². The van der Waals surface area contributed by atoms with Crippen LogP contribution in [0.1, 0.15) is 19.3 Å². The minimum absolute atomic E-state index is 0.00435. The van der Waals surface area contributed by atoms with Gasteiger partial charge in [0.05, 0.1) is 12.0 Å². The van der Waals surface area contributed by atoms with Crippen molar-refractivity contribution in [3.8, 4) is 0 Å². The molecule has 4 aliphatic heterocycles. The maximum Gasteiger partial charge on any atom is 0.228 e. The van der Waals surface area contributed by atoms with E-state index >= 15 is 0 Å². The lowest BCUT2D eigenvalue weighted by atomic mass is 10.1. The Labute approximate surface area is 238 Å². The van der Waals surface area contributed by atoms with Crippen LogP contribution in [-0.2, 0) is 14.3 Å². The van der Waals surface area contributed by atoms with Crippen molar-refractivity contribution in [3.05, 3.63) is 40.9 Å². The fourth-order valence-electron chi connectivity index (χ4n) is 6.07. The number of hydrogen-bond donors (Lipinski definition) is 0. The third-order valence-electron chi connectivity index (χ3n) is 8.33. The van der Waals surface area contributed by atoms with Gasteiger partial charge in [0.15, 0.2) is 11.6 Å². The van der Waals surface area contributed by atoms with Crippen LogP contribution in [0.15, 0.2) is 40.9 Å². The molecule has 5 heterocycles. The highest BCUT2D eigenvalue weighted by molar-refractivity contribution is 9.10. The number of anilines is 3. The molecular formula is C28H36BrN7O3. The third kappa shape index (κ3) is 6.05. The molecule has 10 nitrogen and oxygen atoms in total. The number of carbonyl (C=O) groups excluding carboxylic acids is 2. The standard InChI is InChI=1S/C28H36BrN7O3/c29-22-3-1-4-23(18-22)36-19-21(17-27(36)37)28(38)35-14-12-34(13-15-35)26-7-6-25(30-31-26)33-10-8-32(9-11-33)20-24-5-2-16-39-24/h1,3-4,6-7,18,21,24H,2,5,8-17,19-20H2. The van der Waals surface area contributed by atoms with Gasteiger partial charge in [0.1, 0.15) is 0 Å². The molecule has 2 atom stereocenters. The zero-order valence-electron chi connectivity index (χ0n) is 22.3. The van der Waals surface area contributed by atoms with Gasteiger partial charge in [0, 0.05) is 88.6 Å². The normalized spacial score (nSPS) is 24.6. The zero-order chi connectivity index (χ0) is 26.8. The maximum absolute atomic E-state index is 13.2. The molecule has 2 aromatic rings. The van der Waals surface area contributed by atoms with Gasteiger partial charge in [-0.15, -0.1) is 10.2 Å². The van der Waals surface area contributed by atoms with Crippen molar-refractivity contribution in [2.45, 2.75) is 25.4 Å². The number of benzene rings is 1. The number of nitrogens with zero attached hydrogens (tertiary/aromatic N) is 7. The van der Waals surface area contributed by atoms with E-state index in [2.05, 4.69) is 46.9 Å². The molecule has 208 valence electrons. The van der Waals surface area contributed by atoms with Crippen molar-refractivity contribution < 1.29 is 14.3 Å². The first-order valence-electron chi connectivity index (χ1n) is 14.1. The molecule has 0 bridgehead atoms. The molecule has 4 aliphatic rings. The lowest BCUT2D eigenvalue weighted by Gasteiger charge is -2.37. The van der Waals surface area contributed by atoms with Crippen LogP contribution >= 0.6 is 15.9 Å². The average molecular weight is 599 g/mol. The molecular weight excluding hydrogens is 562 g/mol. The van der Waals surface area contributed by atoms with Gasteiger partial charge in [-0.05, 0) is 43.2 Å². The van der Waals surface area contributed by atoms with Crippen molar-refractivity contribution in [2.75, 3.05) is 86.8 Å². The lowest BCUT2D eigenvalue weighted by Crippen LogP contribution is -2.51. The molecule has 0 N–H and O–H groups in total. The second-order valence-electron chi connectivity index (χ2n) is 10.9. The molecule has 11 heteroatoms. The Bertz CT molecular complexity index is 1160. The van der Waals surface area contributed by atoms with Gasteiger partial charge in [-0.3, -0.25) is 14.5 Å². The van der Waals surface area contributed by atoms with Crippen molar-refractivity contribution in [1.29, 1.82) is 0 Å². The molecule has 0 saturated carbocycles. The van der Waals surface area contributed by atoms with Gasteiger partial charge >= 0.3 is 0 Å². The van der Waals surface area contributed by atoms with Crippen LogP contribution in [0.3, 0.4) is 0 Å². The number of piperazine rings is 2. The van der Waals surface area contributed by atoms with E-state index in [1.54, 1.807) is 4.90 Å². The summed E-state index contributed by atoms with van der Waals surface area (Å²) in [5.41, 5.74) is 0.831. The van der Waals surface area contributed by atoms with Crippen LogP contribution in [0.2, 0.25) is 0 Å². The summed E-state index contributed by atoms with van der Waals surface area (Å²) in [5, 5.41) is 9.07. The van der Waals surface area contributed by atoms with Gasteiger partial charge in [-0.1, -0.05) is 22.0 Å². The summed E-state index contributed by atoms with van der Waals surface area (Å²) in [7, 11) is 0. The third-order valence-corrected chi connectivity index (χ3v) is 8.82. The number of rotatable bonds is 6. The number of aromatic nitrogens is 2. The van der Waals surface area contributed by atoms with E-state index in [9.17, 15) is 9.59 Å². The van der Waals surface area contributed by atoms with Crippen LogP contribution in [0.5, 0.6) is 0 Å². The van der Waals surface area contributed by atoms with Crippen molar-refractivity contribution in [2.24, 2.45) is 5.92 Å². The van der Waals surface area contributed by atoms with Crippen molar-refractivity contribution in [3.63, 3.8) is 0 Å². The summed E-state index contributed by atoms with van der Waals surface area (Å²) in [4.78, 5) is 36.5. The number of ether oxygens (including phenoxy) is 1. The zero-order valence-corrected chi connectivity index (χ0v) is 23.8. The van der Waals surface area contributed by atoms with Crippen molar-refractivity contribution in [1.82, 2.24) is 20.0 Å². The van der Waals surface area contributed by atoms with Gasteiger partial charge in [-0.25, -0.2) is 0 Å². The fraction of sp³-hybridized carbons (Fsp3) is 0.571. The van der Waals surface area contributed by atoms with Gasteiger partial charge in [0.2, 0.25) is 11.8 Å². The molecule has 2 unspecified atom stereocenters. The molecule has 0 aliphatic carbocycles. The Kier molecular flexibility index (Phi) is 7.99. The highest BCUT2D eigenvalue weighted by Crippen LogP contribution is 2.29. The second kappa shape index (κ2) is 11.8. The first-order valence-corrected chi connectivity index (χ1v) is 14.8. The molecule has 39 heavy (non-hydrogen) atoms. The van der Waals surface area contributed by atoms with Crippen molar-refractivity contribution >= 4 is 45.1 Å². The number of hydrogen-bond acceptors (Lipinski definition) is 8. The number of amides is 2. The fourth-order valence-corrected chi connectivity index (χ4v) is 6.46. The monoisotopic (exact) mass is 597 g/mol. The largest absolute Gasteiger partial charge is 0.377 e. The highest BCUT2D eigenvalue weighted by Gasteiger charge is 2.38. The molecule has 2 amide bonds. The minimum Gasteiger partial charge on any atom is -0.377 e. The predicted molar refractivity (Wildman–Crippen MR) is 153 cm³/mol. The molecule has 4 saturated heterocycles. The van der Waals surface area contributed by atoms with E-state index in [4.69, 9.17) is 4.74 Å². The van der Waals surface area contributed by atoms with Gasteiger partial charge < -0.3 is 24.3 Å². The number of halogens is 1. The number of carbonyl (C=O) groups is 2. The quantitative estimate of drug-likeness (QED) is 0.501. The predicted octanol–water partition coefficient (Wildman–Crippen LogP) is 2.24. The Balaban J connectivity index is 0.973. The molecule has 1 aromatic heterocycles.